The van der Waals surface area contributed by atoms with Crippen molar-refractivity contribution in [1.82, 2.24) is 0 Å². The number of carbonyl (C=O) groups is 1. The molecule has 2 aromatic rings. The van der Waals surface area contributed by atoms with E-state index in [-0.39, 0.29) is 17.9 Å². The highest BCUT2D eigenvalue weighted by Crippen LogP contribution is 2.18. The number of hydrogen-bond acceptors (Lipinski definition) is 3. The van der Waals surface area contributed by atoms with Gasteiger partial charge in [0, 0.05) is 0 Å². The van der Waals surface area contributed by atoms with Gasteiger partial charge in [0.15, 0.2) is 0 Å². The maximum atomic E-state index is 13.3. The summed E-state index contributed by atoms with van der Waals surface area (Å²) in [5.74, 6) is -0.687. The molecule has 5 heteroatoms. The fourth-order valence-corrected chi connectivity index (χ4v) is 1.61. The molecule has 100 valence electrons. The van der Waals surface area contributed by atoms with Crippen LogP contribution in [0, 0.1) is 17.1 Å². The fraction of sp³-hybridized carbons (Fsp3) is 0.0667. The van der Waals surface area contributed by atoms with Crippen LogP contribution in [0.25, 0.3) is 0 Å². The number of carbonyl (C=O) groups excluding carboxylic acids is 1. The first-order valence-corrected chi connectivity index (χ1v) is 5.87. The van der Waals surface area contributed by atoms with Crippen LogP contribution in [0.15, 0.2) is 48.5 Å². The minimum absolute atomic E-state index is 0.0885. The van der Waals surface area contributed by atoms with Crippen LogP contribution < -0.4 is 5.32 Å². The molecule has 0 saturated carbocycles. The van der Waals surface area contributed by atoms with Crippen molar-refractivity contribution in [1.29, 1.82) is 5.26 Å². The number of benzene rings is 2. The van der Waals surface area contributed by atoms with Crippen molar-refractivity contribution in [3.05, 3.63) is 65.5 Å². The van der Waals surface area contributed by atoms with E-state index >= 15 is 0 Å². The van der Waals surface area contributed by atoms with Crippen molar-refractivity contribution in [2.45, 2.75) is 6.61 Å². The maximum Gasteiger partial charge on any atom is 0.411 e. The Labute approximate surface area is 115 Å². The van der Waals surface area contributed by atoms with Crippen molar-refractivity contribution in [3.63, 3.8) is 0 Å². The molecule has 0 aliphatic carbocycles. The van der Waals surface area contributed by atoms with Crippen LogP contribution in [0.4, 0.5) is 14.9 Å². The van der Waals surface area contributed by atoms with E-state index in [1.54, 1.807) is 6.07 Å². The molecule has 0 aromatic heterocycles. The second kappa shape index (κ2) is 6.34. The predicted octanol–water partition coefficient (Wildman–Crippen LogP) is 3.45. The fourth-order valence-electron chi connectivity index (χ4n) is 1.61. The molecule has 0 spiro atoms. The molecule has 2 aromatic carbocycles. The minimum atomic E-state index is -0.740. The van der Waals surface area contributed by atoms with Gasteiger partial charge in [0.2, 0.25) is 0 Å². The zero-order chi connectivity index (χ0) is 14.4. The van der Waals surface area contributed by atoms with E-state index in [4.69, 9.17) is 10.00 Å². The molecular weight excluding hydrogens is 259 g/mol. The van der Waals surface area contributed by atoms with Gasteiger partial charge in [0.05, 0.1) is 5.69 Å². The van der Waals surface area contributed by atoms with E-state index in [9.17, 15) is 9.18 Å². The summed E-state index contributed by atoms with van der Waals surface area (Å²) in [5.41, 5.74) is 0.706. The lowest BCUT2D eigenvalue weighted by molar-refractivity contribution is 0.155. The van der Waals surface area contributed by atoms with E-state index in [0.717, 1.165) is 11.6 Å². The summed E-state index contributed by atoms with van der Waals surface area (Å²) < 4.78 is 18.3. The first-order valence-electron chi connectivity index (χ1n) is 5.87. The Morgan fingerprint density at radius 1 is 1.20 bits per heavy atom. The summed E-state index contributed by atoms with van der Waals surface area (Å²) in [5, 5.41) is 11.2. The summed E-state index contributed by atoms with van der Waals surface area (Å²) in [4.78, 5) is 11.6. The Kier molecular flexibility index (Phi) is 4.30. The van der Waals surface area contributed by atoms with Crippen LogP contribution in [0.1, 0.15) is 11.1 Å². The number of hydrogen-bond donors (Lipinski definition) is 1. The molecule has 1 N–H and O–H groups in total. The van der Waals surface area contributed by atoms with Gasteiger partial charge in [-0.2, -0.15) is 5.26 Å². The van der Waals surface area contributed by atoms with E-state index < -0.39 is 11.9 Å². The predicted molar refractivity (Wildman–Crippen MR) is 71.4 cm³/mol. The first-order chi connectivity index (χ1) is 9.70. The molecule has 20 heavy (non-hydrogen) atoms. The molecule has 2 rings (SSSR count). The van der Waals surface area contributed by atoms with Crippen molar-refractivity contribution in [2.24, 2.45) is 0 Å². The summed E-state index contributed by atoms with van der Waals surface area (Å²) in [6.45, 7) is 0.101. The zero-order valence-electron chi connectivity index (χ0n) is 10.5. The molecule has 0 aliphatic heterocycles. The second-order valence-corrected chi connectivity index (χ2v) is 3.96. The maximum absolute atomic E-state index is 13.3. The van der Waals surface area contributed by atoms with Gasteiger partial charge in [-0.1, -0.05) is 36.4 Å². The van der Waals surface area contributed by atoms with Crippen molar-refractivity contribution >= 4 is 11.8 Å². The number of nitriles is 1. The van der Waals surface area contributed by atoms with Crippen LogP contribution in [0.3, 0.4) is 0 Å². The van der Waals surface area contributed by atoms with E-state index in [2.05, 4.69) is 5.32 Å². The lowest BCUT2D eigenvalue weighted by atomic mass is 10.2. The highest BCUT2D eigenvalue weighted by molar-refractivity contribution is 5.86. The Hall–Kier alpha value is -2.87. The smallest absolute Gasteiger partial charge is 0.411 e. The lowest BCUT2D eigenvalue weighted by Crippen LogP contribution is -2.14. The Morgan fingerprint density at radius 3 is 2.65 bits per heavy atom. The quantitative estimate of drug-likeness (QED) is 0.929. The highest BCUT2D eigenvalue weighted by atomic mass is 19.1. The standard InChI is InChI=1S/C15H11FN2O2/c16-13-7-4-8-14(12(13)9-17)18-15(19)20-10-11-5-2-1-3-6-11/h1-8H,10H2,(H,18,19). The van der Waals surface area contributed by atoms with Crippen LogP contribution in [-0.4, -0.2) is 6.09 Å². The van der Waals surface area contributed by atoms with Crippen LogP contribution in [0.5, 0.6) is 0 Å². The van der Waals surface area contributed by atoms with Crippen LogP contribution in [0.2, 0.25) is 0 Å². The SMILES string of the molecule is N#Cc1c(F)cccc1NC(=O)OCc1ccccc1. The normalized spacial score (nSPS) is 9.60. The average molecular weight is 270 g/mol. The van der Waals surface area contributed by atoms with E-state index in [1.165, 1.54) is 12.1 Å². The minimum Gasteiger partial charge on any atom is -0.444 e. The van der Waals surface area contributed by atoms with Gasteiger partial charge in [-0.15, -0.1) is 0 Å². The number of halogens is 1. The third kappa shape index (κ3) is 3.33. The third-order valence-corrected chi connectivity index (χ3v) is 2.57. The zero-order valence-corrected chi connectivity index (χ0v) is 10.5. The number of nitrogens with one attached hydrogen (secondary N) is 1. The van der Waals surface area contributed by atoms with Crippen molar-refractivity contribution < 1.29 is 13.9 Å². The topological polar surface area (TPSA) is 62.1 Å². The van der Waals surface area contributed by atoms with Gasteiger partial charge in [-0.3, -0.25) is 5.32 Å². The summed E-state index contributed by atoms with van der Waals surface area (Å²) >= 11 is 0. The lowest BCUT2D eigenvalue weighted by Gasteiger charge is -2.08. The molecule has 0 unspecified atom stereocenters. The van der Waals surface area contributed by atoms with Crippen LogP contribution >= 0.6 is 0 Å². The molecule has 1 amide bonds. The van der Waals surface area contributed by atoms with Gasteiger partial charge >= 0.3 is 6.09 Å². The summed E-state index contributed by atoms with van der Waals surface area (Å²) in [6.07, 6.45) is -0.740. The largest absolute Gasteiger partial charge is 0.444 e. The number of nitrogens with zero attached hydrogens (tertiary/aromatic N) is 1. The van der Waals surface area contributed by atoms with Gasteiger partial charge in [0.25, 0.3) is 0 Å². The molecule has 0 heterocycles. The number of anilines is 1. The Morgan fingerprint density at radius 2 is 1.95 bits per heavy atom. The monoisotopic (exact) mass is 270 g/mol. The highest BCUT2D eigenvalue weighted by Gasteiger charge is 2.11. The molecule has 0 bridgehead atoms. The third-order valence-electron chi connectivity index (χ3n) is 2.57. The van der Waals surface area contributed by atoms with E-state index in [1.807, 2.05) is 30.3 Å². The van der Waals surface area contributed by atoms with Crippen molar-refractivity contribution in [3.8, 4) is 6.07 Å². The Balaban J connectivity index is 1.99. The van der Waals surface area contributed by atoms with E-state index in [0.29, 0.717) is 0 Å². The second-order valence-electron chi connectivity index (χ2n) is 3.96. The molecule has 4 nitrogen and oxygen atoms in total. The van der Waals surface area contributed by atoms with Gasteiger partial charge < -0.3 is 4.74 Å². The van der Waals surface area contributed by atoms with Crippen LogP contribution in [-0.2, 0) is 11.3 Å². The van der Waals surface area contributed by atoms with Gasteiger partial charge in [-0.05, 0) is 17.7 Å². The average Bonchev–Trinajstić information content (AvgIpc) is 2.46. The molecule has 0 radical (unpaired) electrons. The summed E-state index contributed by atoms with van der Waals surface area (Å²) in [6, 6.07) is 14.8. The number of ether oxygens (including phenoxy) is 1. The molecule has 0 atom stereocenters. The Bertz CT molecular complexity index is 651. The van der Waals surface area contributed by atoms with Gasteiger partial charge in [-0.25, -0.2) is 9.18 Å². The molecule has 0 fully saturated rings. The molecule has 0 saturated heterocycles. The molecular formula is C15H11FN2O2. The first kappa shape index (κ1) is 13.6. The number of amides is 1. The number of rotatable bonds is 3. The van der Waals surface area contributed by atoms with Crippen molar-refractivity contribution in [2.75, 3.05) is 5.32 Å². The summed E-state index contributed by atoms with van der Waals surface area (Å²) in [7, 11) is 0. The van der Waals surface area contributed by atoms with Gasteiger partial charge in [0.1, 0.15) is 24.1 Å². The molecule has 0 aliphatic rings.